The molecule has 0 bridgehead atoms. The molecule has 0 spiro atoms. The molecule has 9 rings (SSSR count). The Morgan fingerprint density at radius 3 is 0.983 bits per heavy atom. The van der Waals surface area contributed by atoms with Crippen LogP contribution in [0.2, 0.25) is 30.1 Å². The van der Waals surface area contributed by atoms with Gasteiger partial charge in [-0.05, 0) is 170 Å². The molecule has 656 valence electrons. The minimum absolute atomic E-state index is 0.0196. The number of carbonyl (C=O) groups is 3. The van der Waals surface area contributed by atoms with Gasteiger partial charge in [-0.1, -0.05) is 106 Å². The molecule has 3 atom stereocenters. The van der Waals surface area contributed by atoms with Crippen LogP contribution in [0.1, 0.15) is 113 Å². The van der Waals surface area contributed by atoms with E-state index in [1.165, 1.54) is 0 Å². The predicted octanol–water partition coefficient (Wildman–Crippen LogP) is 10.00. The number of ether oxygens (including phenoxy) is 9. The van der Waals surface area contributed by atoms with Crippen molar-refractivity contribution in [2.75, 3.05) is 198 Å². The summed E-state index contributed by atoms with van der Waals surface area (Å²) < 4.78 is 136. The van der Waals surface area contributed by atoms with Gasteiger partial charge in [-0.25, -0.2) is 34.7 Å². The van der Waals surface area contributed by atoms with E-state index in [0.717, 1.165) is 50.1 Å². The lowest BCUT2D eigenvalue weighted by molar-refractivity contribution is -0.121. The highest BCUT2D eigenvalue weighted by molar-refractivity contribution is 7.91. The molecule has 3 aliphatic heterocycles. The maximum Gasteiger partial charge on any atom is 0.240 e. The molecule has 3 amide bonds. The third-order valence-electron chi connectivity index (χ3n) is 20.5. The molecule has 119 heavy (non-hydrogen) atoms. The highest BCUT2D eigenvalue weighted by atomic mass is 35.5. The zero-order valence-corrected chi connectivity index (χ0v) is 74.5. The second-order valence-electron chi connectivity index (χ2n) is 29.7. The molecule has 6 aromatic rings. The van der Waals surface area contributed by atoms with Gasteiger partial charge in [0.25, 0.3) is 0 Å². The summed E-state index contributed by atoms with van der Waals surface area (Å²) in [5.74, 6) is -1.30. The van der Waals surface area contributed by atoms with Crippen LogP contribution in [0.15, 0.2) is 124 Å². The van der Waals surface area contributed by atoms with Crippen LogP contribution in [0.5, 0.6) is 0 Å². The molecule has 36 heteroatoms. The summed E-state index contributed by atoms with van der Waals surface area (Å²) in [4.78, 5) is 46.4. The number of likely N-dealkylation sites (N-methyl/N-ethyl adjacent to an activating group) is 3. The van der Waals surface area contributed by atoms with E-state index in [1.807, 2.05) is 57.5 Å². The first-order valence-corrected chi connectivity index (χ1v) is 46.8. The summed E-state index contributed by atoms with van der Waals surface area (Å²) in [7, 11) is -5.30. The Hall–Kier alpha value is -5.28. The van der Waals surface area contributed by atoms with Crippen LogP contribution < -0.4 is 31.1 Å². The van der Waals surface area contributed by atoms with Crippen molar-refractivity contribution < 1.29 is 82.3 Å². The summed E-state index contributed by atoms with van der Waals surface area (Å²) in [5, 5.41) is 11.8. The number of sulfone groups is 1. The number of amides is 3. The molecule has 0 unspecified atom stereocenters. The van der Waals surface area contributed by atoms with Crippen molar-refractivity contribution in [3.8, 4) is 0 Å². The fourth-order valence-electron chi connectivity index (χ4n) is 14.4. The van der Waals surface area contributed by atoms with Crippen LogP contribution in [0.25, 0.3) is 0 Å². The van der Waals surface area contributed by atoms with E-state index >= 15 is 0 Å². The van der Waals surface area contributed by atoms with Crippen LogP contribution >= 0.6 is 69.6 Å². The van der Waals surface area contributed by atoms with Gasteiger partial charge in [0.05, 0.1) is 133 Å². The molecule has 0 saturated carbocycles. The number of fused-ring (bicyclic) bond motifs is 3. The number of halogens is 6. The smallest absolute Gasteiger partial charge is 0.240 e. The largest absolute Gasteiger partial charge is 0.379 e. The Kier molecular flexibility index (Phi) is 40.5. The third kappa shape index (κ3) is 32.0. The molecule has 7 N–H and O–H groups in total. The van der Waals surface area contributed by atoms with Gasteiger partial charge in [0.15, 0.2) is 9.84 Å². The number of nitrogens with two attached hydrogens (primary N) is 1. The lowest BCUT2D eigenvalue weighted by Crippen LogP contribution is -2.44. The topological polar surface area (TPSA) is 333 Å². The minimum atomic E-state index is -3.85. The van der Waals surface area contributed by atoms with Crippen LogP contribution in [0, 0.1) is 0 Å². The van der Waals surface area contributed by atoms with E-state index in [9.17, 15) is 39.6 Å². The van der Waals surface area contributed by atoms with Crippen molar-refractivity contribution in [2.45, 2.75) is 103 Å². The lowest BCUT2D eigenvalue weighted by Gasteiger charge is -2.33. The Labute approximate surface area is 730 Å². The van der Waals surface area contributed by atoms with E-state index in [-0.39, 0.29) is 246 Å². The van der Waals surface area contributed by atoms with Gasteiger partial charge in [0, 0.05) is 151 Å². The Bertz CT molecular complexity index is 4190. The van der Waals surface area contributed by atoms with Gasteiger partial charge in [-0.2, -0.15) is 0 Å². The molecule has 3 aliphatic rings. The van der Waals surface area contributed by atoms with Crippen LogP contribution in [0.4, 0.5) is 0 Å². The van der Waals surface area contributed by atoms with Gasteiger partial charge in [0.1, 0.15) is 0 Å². The van der Waals surface area contributed by atoms with E-state index in [0.29, 0.717) is 75.8 Å². The first kappa shape index (κ1) is 97.5. The van der Waals surface area contributed by atoms with E-state index < -0.39 is 35.4 Å². The number of sulfonamides is 2. The van der Waals surface area contributed by atoms with Gasteiger partial charge in [-0.15, -0.1) is 0 Å². The van der Waals surface area contributed by atoms with Gasteiger partial charge in [0.2, 0.25) is 37.8 Å². The van der Waals surface area contributed by atoms with Crippen molar-refractivity contribution in [1.29, 1.82) is 0 Å². The van der Waals surface area contributed by atoms with Crippen molar-refractivity contribution >= 4 is 117 Å². The number of rotatable bonds is 54. The third-order valence-corrected chi connectivity index (χ3v) is 26.9. The van der Waals surface area contributed by atoms with E-state index in [1.54, 1.807) is 72.8 Å². The summed E-state index contributed by atoms with van der Waals surface area (Å²) in [6.45, 7) is 8.78. The van der Waals surface area contributed by atoms with Crippen molar-refractivity contribution in [2.24, 2.45) is 5.73 Å². The number of hydrogen-bond donors (Lipinski definition) is 6. The summed E-state index contributed by atoms with van der Waals surface area (Å²) in [6, 6.07) is 31.7. The van der Waals surface area contributed by atoms with Gasteiger partial charge in [-0.3, -0.25) is 14.4 Å². The Balaban J connectivity index is 0.613. The first-order chi connectivity index (χ1) is 57.1. The van der Waals surface area contributed by atoms with Crippen molar-refractivity contribution in [3.63, 3.8) is 0 Å². The summed E-state index contributed by atoms with van der Waals surface area (Å²) in [6.07, 6.45) is 0.889. The summed E-state index contributed by atoms with van der Waals surface area (Å²) in [5.41, 5.74) is 14.3. The molecule has 0 radical (unpaired) electrons. The second-order valence-corrected chi connectivity index (χ2v) is 37.9. The SMILES string of the molecule is CN1Cc2c(Cl)cc(Cl)cc2[C@H](c2cccc(S(=O)(=O)CCCOCCOCCOCCNC(=O)CCC(N)(CCC(=O)NCCOCCOCCOCCNS(=O)(=O)c3cccc([C@@H]4CN(C)Cc5c(Cl)cc(Cl)cc54)c3)CCC(=O)NCCOCCOCCOCCNS(=O)(=O)c3cccc([C@@H]4CN(C)Cc5c(Cl)cc(Cl)cc54)c3)c2)C1. The molecule has 0 aliphatic carbocycles. The van der Waals surface area contributed by atoms with Gasteiger partial charge >= 0.3 is 0 Å². The normalized spacial score (nSPS) is 16.1. The minimum Gasteiger partial charge on any atom is -0.379 e. The van der Waals surface area contributed by atoms with Gasteiger partial charge < -0.3 is 79.0 Å². The average molecular weight is 1830 g/mol. The molecule has 0 aromatic heterocycles. The fourth-order valence-corrected chi connectivity index (χ4v) is 19.6. The summed E-state index contributed by atoms with van der Waals surface area (Å²) >= 11 is 38.9. The number of nitrogens with one attached hydrogen (secondary N) is 5. The van der Waals surface area contributed by atoms with E-state index in [2.05, 4.69) is 40.1 Å². The average Bonchev–Trinajstić information content (AvgIpc) is 0.781. The zero-order chi connectivity index (χ0) is 85.4. The first-order valence-electron chi connectivity index (χ1n) is 39.9. The molecular weight excluding hydrogens is 1720 g/mol. The predicted molar refractivity (Wildman–Crippen MR) is 461 cm³/mol. The highest BCUT2D eigenvalue weighted by Crippen LogP contribution is 2.42. The Morgan fingerprint density at radius 2 is 0.664 bits per heavy atom. The second kappa shape index (κ2) is 49.4. The molecule has 0 fully saturated rings. The number of carbonyl (C=O) groups excluding carboxylic acids is 3. The number of hydrogen-bond acceptors (Lipinski definition) is 22. The standard InChI is InChI=1S/C83H111Cl6N9O18S3/c1-96-53-71(68-47-62(84)50-77(87)74(68)56-96)59-8-4-11-65(44-59)117(102,103)43-7-25-108-31-37-114-38-32-109-26-20-91-80(99)14-17-83(90,18-15-81(100)92-21-27-110-33-39-115-41-35-112-29-23-94-118(104,105)66-12-5-9-60(45-66)72-54-97(2)57-75-69(72)48-63(85)51-78(75)88)19-16-82(101)93-22-28-111-34-40-116-42-36-113-30-24-95-119(106,107)67-13-6-10-61(46-67)73-55-98(3)58-76-70(73)49-64(86)52-79(76)89/h4-6,8-13,44-52,71-73,94-95H,7,14-43,53-58,90H2,1-3H3,(H,91,99)(H,92,100)(H,93,101)/t71-,72-,73-/m0/s1. The van der Waals surface area contributed by atoms with Crippen molar-refractivity contribution in [1.82, 2.24) is 40.1 Å². The number of benzene rings is 6. The Morgan fingerprint density at radius 1 is 0.387 bits per heavy atom. The molecular formula is C83H111Cl6N9O18S3. The molecule has 6 aromatic carbocycles. The number of nitrogens with zero attached hydrogens (tertiary/aromatic N) is 3. The molecule has 0 saturated heterocycles. The highest BCUT2D eigenvalue weighted by Gasteiger charge is 2.33. The molecule has 27 nitrogen and oxygen atoms in total. The maximum absolute atomic E-state index is 13.4. The van der Waals surface area contributed by atoms with Crippen LogP contribution in [-0.2, 0) is 107 Å². The quantitative estimate of drug-likeness (QED) is 0.0193. The zero-order valence-electron chi connectivity index (χ0n) is 67.5. The monoisotopic (exact) mass is 1830 g/mol. The molecule has 3 heterocycles. The van der Waals surface area contributed by atoms with Crippen LogP contribution in [-0.4, -0.2) is 261 Å². The fraction of sp³-hybridized carbons (Fsp3) is 0.530. The van der Waals surface area contributed by atoms with E-state index in [4.69, 9.17) is 118 Å². The van der Waals surface area contributed by atoms with Crippen LogP contribution in [0.3, 0.4) is 0 Å². The lowest BCUT2D eigenvalue weighted by atomic mass is 9.84. The maximum atomic E-state index is 13.4. The van der Waals surface area contributed by atoms with Crippen molar-refractivity contribution in [3.05, 3.63) is 189 Å².